The van der Waals surface area contributed by atoms with Crippen molar-refractivity contribution in [3.63, 3.8) is 0 Å². The molecule has 0 fully saturated rings. The molecule has 31 heavy (non-hydrogen) atoms. The number of carboxylic acids is 1. The van der Waals surface area contributed by atoms with E-state index in [1.54, 1.807) is 18.9 Å². The van der Waals surface area contributed by atoms with Gasteiger partial charge in [-0.3, -0.25) is 4.72 Å². The Morgan fingerprint density at radius 3 is 2.52 bits per heavy atom. The number of anilines is 2. The van der Waals surface area contributed by atoms with Crippen molar-refractivity contribution in [2.24, 2.45) is 0 Å². The number of likely N-dealkylation sites (N-methyl/N-ethyl adjacent to an activating group) is 1. The van der Waals surface area contributed by atoms with Gasteiger partial charge in [-0.15, -0.1) is 0 Å². The van der Waals surface area contributed by atoms with Crippen LogP contribution in [0.2, 0.25) is 0 Å². The molecule has 3 rings (SSSR count). The van der Waals surface area contributed by atoms with Crippen LogP contribution in [-0.4, -0.2) is 43.2 Å². The van der Waals surface area contributed by atoms with E-state index in [1.807, 2.05) is 6.92 Å². The number of hydrogen-bond acceptors (Lipinski definition) is 7. The number of halogens is 1. The Labute approximate surface area is 178 Å². The van der Waals surface area contributed by atoms with Crippen LogP contribution in [-0.2, 0) is 16.4 Å². The van der Waals surface area contributed by atoms with Crippen LogP contribution >= 0.6 is 0 Å². The molecule has 0 spiro atoms. The lowest BCUT2D eigenvalue weighted by atomic mass is 10.1. The molecular weight excluding hydrogens is 427 g/mol. The number of pyridine rings is 1. The summed E-state index contributed by atoms with van der Waals surface area (Å²) in [6, 6.07) is 5.46. The molecule has 0 unspecified atom stereocenters. The molecule has 0 radical (unpaired) electrons. The third kappa shape index (κ3) is 5.00. The fourth-order valence-corrected chi connectivity index (χ4v) is 4.08. The number of aromatic carboxylic acids is 1. The monoisotopic (exact) mass is 448 g/mol. The highest BCUT2D eigenvalue weighted by atomic mass is 32.2. The van der Waals surface area contributed by atoms with Crippen molar-refractivity contribution in [1.82, 2.24) is 10.1 Å². The minimum Gasteiger partial charge on any atom is -0.478 e. The SMILES string of the molecule is Cc1noc(C)c1CCN(C)c1ncc(NS(=O)(=O)c2ccc(F)cc2)cc1C(=O)O. The Morgan fingerprint density at radius 2 is 1.94 bits per heavy atom. The van der Waals surface area contributed by atoms with Gasteiger partial charge < -0.3 is 14.5 Å². The van der Waals surface area contributed by atoms with Gasteiger partial charge in [-0.25, -0.2) is 22.6 Å². The van der Waals surface area contributed by atoms with Crippen molar-refractivity contribution < 1.29 is 27.2 Å². The largest absolute Gasteiger partial charge is 0.478 e. The molecule has 1 aromatic carbocycles. The molecule has 9 nitrogen and oxygen atoms in total. The van der Waals surface area contributed by atoms with Crippen LogP contribution in [0.5, 0.6) is 0 Å². The van der Waals surface area contributed by atoms with E-state index < -0.39 is 21.8 Å². The molecule has 0 aliphatic carbocycles. The fraction of sp³-hybridized carbons (Fsp3) is 0.250. The van der Waals surface area contributed by atoms with Gasteiger partial charge in [0.1, 0.15) is 23.0 Å². The molecule has 0 bridgehead atoms. The normalized spacial score (nSPS) is 11.4. The predicted molar refractivity (Wildman–Crippen MR) is 111 cm³/mol. The third-order valence-corrected chi connectivity index (χ3v) is 6.11. The molecule has 0 saturated carbocycles. The zero-order valence-corrected chi connectivity index (χ0v) is 17.9. The number of carbonyl (C=O) groups is 1. The van der Waals surface area contributed by atoms with Crippen molar-refractivity contribution in [2.45, 2.75) is 25.2 Å². The summed E-state index contributed by atoms with van der Waals surface area (Å²) in [7, 11) is -2.35. The number of rotatable bonds is 8. The summed E-state index contributed by atoms with van der Waals surface area (Å²) >= 11 is 0. The molecule has 0 aliphatic rings. The molecule has 2 N–H and O–H groups in total. The third-order valence-electron chi connectivity index (χ3n) is 4.71. The predicted octanol–water partition coefficient (Wildman–Crippen LogP) is 3.00. The van der Waals surface area contributed by atoms with E-state index in [9.17, 15) is 22.7 Å². The molecule has 2 heterocycles. The van der Waals surface area contributed by atoms with Crippen LogP contribution in [0.25, 0.3) is 0 Å². The van der Waals surface area contributed by atoms with Crippen molar-refractivity contribution >= 4 is 27.5 Å². The number of nitrogens with zero attached hydrogens (tertiary/aromatic N) is 3. The lowest BCUT2D eigenvalue weighted by molar-refractivity contribution is 0.0697. The summed E-state index contributed by atoms with van der Waals surface area (Å²) in [6.07, 6.45) is 1.80. The summed E-state index contributed by atoms with van der Waals surface area (Å²) in [5.41, 5.74) is 1.51. The van der Waals surface area contributed by atoms with Gasteiger partial charge in [-0.05, 0) is 50.6 Å². The maximum atomic E-state index is 13.1. The van der Waals surface area contributed by atoms with Crippen LogP contribution in [0.4, 0.5) is 15.9 Å². The first kappa shape index (κ1) is 22.2. The average molecular weight is 448 g/mol. The first-order valence-electron chi connectivity index (χ1n) is 9.23. The Morgan fingerprint density at radius 1 is 1.26 bits per heavy atom. The minimum absolute atomic E-state index is 0.0235. The Balaban J connectivity index is 1.82. The second-order valence-electron chi connectivity index (χ2n) is 6.93. The molecule has 0 amide bonds. The van der Waals surface area contributed by atoms with E-state index in [1.165, 1.54) is 12.3 Å². The second kappa shape index (κ2) is 8.72. The summed E-state index contributed by atoms with van der Waals surface area (Å²) in [4.78, 5) is 17.4. The average Bonchev–Trinajstić information content (AvgIpc) is 3.03. The quantitative estimate of drug-likeness (QED) is 0.539. The lowest BCUT2D eigenvalue weighted by Crippen LogP contribution is -2.24. The van der Waals surface area contributed by atoms with Gasteiger partial charge in [0.25, 0.3) is 10.0 Å². The van der Waals surface area contributed by atoms with Gasteiger partial charge in [0.15, 0.2) is 0 Å². The Bertz CT molecular complexity index is 1190. The van der Waals surface area contributed by atoms with E-state index in [4.69, 9.17) is 4.52 Å². The molecule has 11 heteroatoms. The number of aryl methyl sites for hydroxylation is 2. The number of carboxylic acid groups (broad SMARTS) is 1. The number of aromatic nitrogens is 2. The summed E-state index contributed by atoms with van der Waals surface area (Å²) in [6.45, 7) is 4.07. The maximum Gasteiger partial charge on any atom is 0.339 e. The molecule has 0 saturated heterocycles. The second-order valence-corrected chi connectivity index (χ2v) is 8.62. The zero-order chi connectivity index (χ0) is 22.8. The van der Waals surface area contributed by atoms with Crippen molar-refractivity contribution in [3.05, 3.63) is 64.9 Å². The van der Waals surface area contributed by atoms with Crippen molar-refractivity contribution in [1.29, 1.82) is 0 Å². The maximum absolute atomic E-state index is 13.1. The Kier molecular flexibility index (Phi) is 6.25. The fourth-order valence-electron chi connectivity index (χ4n) is 3.05. The van der Waals surface area contributed by atoms with Crippen molar-refractivity contribution in [3.8, 4) is 0 Å². The van der Waals surface area contributed by atoms with Crippen molar-refractivity contribution in [2.75, 3.05) is 23.2 Å². The number of nitrogens with one attached hydrogen (secondary N) is 1. The summed E-state index contributed by atoms with van der Waals surface area (Å²) in [5, 5.41) is 13.5. The first-order valence-corrected chi connectivity index (χ1v) is 10.7. The van der Waals surface area contributed by atoms with Crippen LogP contribution < -0.4 is 9.62 Å². The minimum atomic E-state index is -4.04. The van der Waals surface area contributed by atoms with Crippen LogP contribution in [0.3, 0.4) is 0 Å². The standard InChI is InChI=1S/C20H21FN4O5S/c1-12-17(13(2)30-23-12)8-9-25(3)19-18(20(26)27)10-15(11-22-19)24-31(28,29)16-6-4-14(21)5-7-16/h4-7,10-11,24H,8-9H2,1-3H3,(H,26,27). The van der Waals surface area contributed by atoms with E-state index in [2.05, 4.69) is 14.9 Å². The first-order chi connectivity index (χ1) is 14.6. The van der Waals surface area contributed by atoms with Gasteiger partial charge in [0.2, 0.25) is 0 Å². The topological polar surface area (TPSA) is 126 Å². The van der Waals surface area contributed by atoms with E-state index in [-0.39, 0.29) is 22.0 Å². The van der Waals surface area contributed by atoms with Gasteiger partial charge in [0, 0.05) is 19.2 Å². The number of sulfonamides is 1. The van der Waals surface area contributed by atoms with Gasteiger partial charge in [0.05, 0.1) is 22.5 Å². The number of hydrogen-bond donors (Lipinski definition) is 2. The highest BCUT2D eigenvalue weighted by Gasteiger charge is 2.20. The highest BCUT2D eigenvalue weighted by Crippen LogP contribution is 2.24. The Hall–Kier alpha value is -3.47. The van der Waals surface area contributed by atoms with E-state index >= 15 is 0 Å². The summed E-state index contributed by atoms with van der Waals surface area (Å²) < 4.78 is 45.4. The molecule has 2 aromatic heterocycles. The van der Waals surface area contributed by atoms with Crippen LogP contribution in [0, 0.1) is 19.7 Å². The van der Waals surface area contributed by atoms with Gasteiger partial charge >= 0.3 is 5.97 Å². The molecule has 3 aromatic rings. The van der Waals surface area contributed by atoms with Crippen LogP contribution in [0.15, 0.2) is 45.9 Å². The summed E-state index contributed by atoms with van der Waals surface area (Å²) in [5.74, 6) is -0.945. The van der Waals surface area contributed by atoms with E-state index in [0.717, 1.165) is 35.5 Å². The molecular formula is C20H21FN4O5S. The number of benzene rings is 1. The van der Waals surface area contributed by atoms with Gasteiger partial charge in [-0.2, -0.15) is 0 Å². The molecule has 164 valence electrons. The highest BCUT2D eigenvalue weighted by molar-refractivity contribution is 7.92. The molecule has 0 atom stereocenters. The lowest BCUT2D eigenvalue weighted by Gasteiger charge is -2.20. The molecule has 0 aliphatic heterocycles. The van der Waals surface area contributed by atoms with Gasteiger partial charge in [-0.1, -0.05) is 5.16 Å². The smallest absolute Gasteiger partial charge is 0.339 e. The van der Waals surface area contributed by atoms with Crippen LogP contribution in [0.1, 0.15) is 27.4 Å². The van der Waals surface area contributed by atoms with E-state index in [0.29, 0.717) is 18.7 Å². The zero-order valence-electron chi connectivity index (χ0n) is 17.1.